The minimum atomic E-state index is 0.218. The summed E-state index contributed by atoms with van der Waals surface area (Å²) in [5, 5.41) is 0. The first-order valence-electron chi connectivity index (χ1n) is 4.35. The van der Waals surface area contributed by atoms with Crippen LogP contribution in [-0.2, 0) is 0 Å². The Balaban J connectivity index is 2.18. The van der Waals surface area contributed by atoms with Crippen molar-refractivity contribution in [2.75, 3.05) is 11.5 Å². The number of nitrogens with two attached hydrogens (primary N) is 2. The van der Waals surface area contributed by atoms with Crippen LogP contribution in [0.5, 0.6) is 11.5 Å². The van der Waals surface area contributed by atoms with Crippen molar-refractivity contribution >= 4 is 11.6 Å². The van der Waals surface area contributed by atoms with Crippen molar-refractivity contribution in [2.24, 2.45) is 0 Å². The molecule has 0 fully saturated rings. The van der Waals surface area contributed by atoms with Crippen LogP contribution in [0.2, 0.25) is 0 Å². The molecule has 0 spiro atoms. The summed E-state index contributed by atoms with van der Waals surface area (Å²) in [5.74, 6) is 1.38. The molecular weight excluding hydrogens is 192 g/mol. The van der Waals surface area contributed by atoms with E-state index in [1.165, 1.54) is 12.4 Å². The van der Waals surface area contributed by atoms with Crippen molar-refractivity contribution in [3.05, 3.63) is 36.7 Å². The molecule has 4 N–H and O–H groups in total. The maximum Gasteiger partial charge on any atom is 0.220 e. The fourth-order valence-electron chi connectivity index (χ4n) is 1.09. The Labute approximate surface area is 86.7 Å². The van der Waals surface area contributed by atoms with Crippen LogP contribution < -0.4 is 16.2 Å². The summed E-state index contributed by atoms with van der Waals surface area (Å²) in [6, 6.07) is 7.11. The Morgan fingerprint density at radius 2 is 1.73 bits per heavy atom. The van der Waals surface area contributed by atoms with Gasteiger partial charge in [-0.3, -0.25) is 0 Å². The molecule has 2 rings (SSSR count). The van der Waals surface area contributed by atoms with Gasteiger partial charge < -0.3 is 16.2 Å². The van der Waals surface area contributed by atoms with E-state index in [-0.39, 0.29) is 5.95 Å². The van der Waals surface area contributed by atoms with Crippen LogP contribution in [0, 0.1) is 0 Å². The second kappa shape index (κ2) is 3.83. The van der Waals surface area contributed by atoms with Crippen LogP contribution in [-0.4, -0.2) is 9.97 Å². The van der Waals surface area contributed by atoms with E-state index in [0.29, 0.717) is 17.2 Å². The summed E-state index contributed by atoms with van der Waals surface area (Å²) >= 11 is 0. The van der Waals surface area contributed by atoms with Crippen LogP contribution in [0.25, 0.3) is 0 Å². The Morgan fingerprint density at radius 1 is 1.00 bits per heavy atom. The zero-order valence-corrected chi connectivity index (χ0v) is 7.92. The van der Waals surface area contributed by atoms with Crippen LogP contribution in [0.1, 0.15) is 0 Å². The SMILES string of the molecule is Nc1cccc(Oc2cnc(N)nc2)c1. The summed E-state index contributed by atoms with van der Waals surface area (Å²) in [4.78, 5) is 7.62. The predicted molar refractivity (Wildman–Crippen MR) is 57.4 cm³/mol. The molecule has 5 nitrogen and oxygen atoms in total. The summed E-state index contributed by atoms with van der Waals surface area (Å²) in [6.07, 6.45) is 3.01. The highest BCUT2D eigenvalue weighted by atomic mass is 16.5. The molecule has 0 aliphatic heterocycles. The first kappa shape index (κ1) is 9.26. The quantitative estimate of drug-likeness (QED) is 0.719. The molecule has 0 unspecified atom stereocenters. The molecule has 0 bridgehead atoms. The van der Waals surface area contributed by atoms with E-state index in [9.17, 15) is 0 Å². The van der Waals surface area contributed by atoms with Crippen LogP contribution in [0.4, 0.5) is 11.6 Å². The molecule has 15 heavy (non-hydrogen) atoms. The monoisotopic (exact) mass is 202 g/mol. The number of aromatic nitrogens is 2. The molecule has 0 radical (unpaired) electrons. The molecule has 0 amide bonds. The van der Waals surface area contributed by atoms with Crippen LogP contribution in [0.15, 0.2) is 36.7 Å². The predicted octanol–water partition coefficient (Wildman–Crippen LogP) is 1.43. The smallest absolute Gasteiger partial charge is 0.220 e. The number of hydrogen-bond donors (Lipinski definition) is 2. The topological polar surface area (TPSA) is 87.0 Å². The van der Waals surface area contributed by atoms with Crippen molar-refractivity contribution < 1.29 is 4.74 Å². The summed E-state index contributed by atoms with van der Waals surface area (Å²) in [7, 11) is 0. The highest BCUT2D eigenvalue weighted by molar-refractivity contribution is 5.44. The lowest BCUT2D eigenvalue weighted by molar-refractivity contribution is 0.478. The van der Waals surface area contributed by atoms with E-state index in [2.05, 4.69) is 9.97 Å². The molecule has 0 atom stereocenters. The molecule has 0 saturated carbocycles. The van der Waals surface area contributed by atoms with Crippen molar-refractivity contribution in [1.82, 2.24) is 9.97 Å². The first-order chi connectivity index (χ1) is 7.24. The van der Waals surface area contributed by atoms with Gasteiger partial charge in [0, 0.05) is 11.8 Å². The molecule has 0 saturated heterocycles. The highest BCUT2D eigenvalue weighted by Crippen LogP contribution is 2.21. The average molecular weight is 202 g/mol. The van der Waals surface area contributed by atoms with E-state index >= 15 is 0 Å². The number of anilines is 2. The van der Waals surface area contributed by atoms with Crippen molar-refractivity contribution in [3.63, 3.8) is 0 Å². The lowest BCUT2D eigenvalue weighted by atomic mass is 10.3. The molecular formula is C10H10N4O. The third-order valence-electron chi connectivity index (χ3n) is 1.74. The zero-order chi connectivity index (χ0) is 10.7. The minimum Gasteiger partial charge on any atom is -0.454 e. The number of rotatable bonds is 2. The van der Waals surface area contributed by atoms with Gasteiger partial charge >= 0.3 is 0 Å². The Kier molecular flexibility index (Phi) is 2.37. The van der Waals surface area contributed by atoms with Crippen molar-refractivity contribution in [3.8, 4) is 11.5 Å². The Bertz CT molecular complexity index is 455. The molecule has 0 aliphatic carbocycles. The van der Waals surface area contributed by atoms with E-state index < -0.39 is 0 Å². The van der Waals surface area contributed by atoms with Gasteiger partial charge in [-0.2, -0.15) is 0 Å². The zero-order valence-electron chi connectivity index (χ0n) is 7.92. The maximum absolute atomic E-state index is 5.61. The van der Waals surface area contributed by atoms with Crippen LogP contribution >= 0.6 is 0 Å². The molecule has 2 aromatic rings. The standard InChI is InChI=1S/C10H10N4O/c11-7-2-1-3-8(4-7)15-9-5-13-10(12)14-6-9/h1-6H,11H2,(H2,12,13,14). The second-order valence-corrected chi connectivity index (χ2v) is 2.95. The number of nitrogen functional groups attached to an aromatic ring is 2. The van der Waals surface area contributed by atoms with E-state index in [0.717, 1.165) is 0 Å². The van der Waals surface area contributed by atoms with Crippen molar-refractivity contribution in [1.29, 1.82) is 0 Å². The Hall–Kier alpha value is -2.30. The summed E-state index contributed by atoms with van der Waals surface area (Å²) in [6.45, 7) is 0. The summed E-state index contributed by atoms with van der Waals surface area (Å²) in [5.41, 5.74) is 11.6. The van der Waals surface area contributed by atoms with E-state index in [1.807, 2.05) is 6.07 Å². The number of benzene rings is 1. The van der Waals surface area contributed by atoms with Gasteiger partial charge in [-0.15, -0.1) is 0 Å². The fourth-order valence-corrected chi connectivity index (χ4v) is 1.09. The van der Waals surface area contributed by atoms with E-state index in [4.69, 9.17) is 16.2 Å². The van der Waals surface area contributed by atoms with Crippen LogP contribution in [0.3, 0.4) is 0 Å². The van der Waals surface area contributed by atoms with Crippen molar-refractivity contribution in [2.45, 2.75) is 0 Å². The fraction of sp³-hybridized carbons (Fsp3) is 0. The number of ether oxygens (including phenoxy) is 1. The van der Waals surface area contributed by atoms with Gasteiger partial charge in [0.2, 0.25) is 5.95 Å². The second-order valence-electron chi connectivity index (χ2n) is 2.95. The number of hydrogen-bond acceptors (Lipinski definition) is 5. The summed E-state index contributed by atoms with van der Waals surface area (Å²) < 4.78 is 5.45. The molecule has 5 heteroatoms. The Morgan fingerprint density at radius 3 is 2.40 bits per heavy atom. The maximum atomic E-state index is 5.61. The van der Waals surface area contributed by atoms with Gasteiger partial charge in [-0.05, 0) is 12.1 Å². The van der Waals surface area contributed by atoms with Gasteiger partial charge in [0.05, 0.1) is 12.4 Å². The molecule has 1 aromatic carbocycles. The minimum absolute atomic E-state index is 0.218. The van der Waals surface area contributed by atoms with Gasteiger partial charge in [-0.1, -0.05) is 6.07 Å². The lowest BCUT2D eigenvalue weighted by Gasteiger charge is -2.04. The molecule has 76 valence electrons. The van der Waals surface area contributed by atoms with Gasteiger partial charge in [0.15, 0.2) is 5.75 Å². The van der Waals surface area contributed by atoms with E-state index in [1.54, 1.807) is 18.2 Å². The largest absolute Gasteiger partial charge is 0.454 e. The van der Waals surface area contributed by atoms with Gasteiger partial charge in [0.25, 0.3) is 0 Å². The van der Waals surface area contributed by atoms with Gasteiger partial charge in [-0.25, -0.2) is 9.97 Å². The number of nitrogens with zero attached hydrogens (tertiary/aromatic N) is 2. The average Bonchev–Trinajstić information content (AvgIpc) is 2.22. The lowest BCUT2D eigenvalue weighted by Crippen LogP contribution is -1.94. The van der Waals surface area contributed by atoms with Gasteiger partial charge in [0.1, 0.15) is 5.75 Å². The molecule has 1 heterocycles. The molecule has 0 aliphatic rings. The molecule has 1 aromatic heterocycles. The third kappa shape index (κ3) is 2.34. The third-order valence-corrected chi connectivity index (χ3v) is 1.74. The first-order valence-corrected chi connectivity index (χ1v) is 4.35. The normalized spacial score (nSPS) is 9.87. The highest BCUT2D eigenvalue weighted by Gasteiger charge is 1.98.